The standard InChI is InChI=1S/C16H12BrClN2O/c1-9-6-10-7-12(3-5-15(10)19-9)20-16(21)13-8-11(17)2-4-14(13)18/h2-8,19H,1H3,(H,20,21). The molecule has 0 atom stereocenters. The van der Waals surface area contributed by atoms with Gasteiger partial charge in [0.1, 0.15) is 0 Å². The number of carbonyl (C=O) groups excluding carboxylic acids is 1. The number of hydrogen-bond acceptors (Lipinski definition) is 1. The number of benzene rings is 2. The number of aromatic amines is 1. The van der Waals surface area contributed by atoms with Gasteiger partial charge in [-0.25, -0.2) is 0 Å². The maximum atomic E-state index is 12.3. The maximum Gasteiger partial charge on any atom is 0.257 e. The van der Waals surface area contributed by atoms with Crippen LogP contribution in [0.3, 0.4) is 0 Å². The number of rotatable bonds is 2. The number of amides is 1. The Bertz CT molecular complexity index is 841. The minimum Gasteiger partial charge on any atom is -0.359 e. The van der Waals surface area contributed by atoms with Crippen molar-refractivity contribution in [2.45, 2.75) is 6.92 Å². The van der Waals surface area contributed by atoms with E-state index in [2.05, 4.69) is 26.2 Å². The van der Waals surface area contributed by atoms with Crippen molar-refractivity contribution < 1.29 is 4.79 Å². The molecular formula is C16H12BrClN2O. The van der Waals surface area contributed by atoms with Gasteiger partial charge in [0.15, 0.2) is 0 Å². The Balaban J connectivity index is 1.90. The second-order valence-corrected chi connectivity index (χ2v) is 6.16. The summed E-state index contributed by atoms with van der Waals surface area (Å²) in [6.45, 7) is 2.00. The van der Waals surface area contributed by atoms with Crippen LogP contribution in [0.5, 0.6) is 0 Å². The monoisotopic (exact) mass is 362 g/mol. The Labute approximate surface area is 135 Å². The zero-order valence-electron chi connectivity index (χ0n) is 11.2. The van der Waals surface area contributed by atoms with Gasteiger partial charge in [-0.3, -0.25) is 4.79 Å². The van der Waals surface area contributed by atoms with Crippen molar-refractivity contribution in [2.75, 3.05) is 5.32 Å². The van der Waals surface area contributed by atoms with Gasteiger partial charge in [0.05, 0.1) is 10.6 Å². The highest BCUT2D eigenvalue weighted by atomic mass is 79.9. The fourth-order valence-corrected chi connectivity index (χ4v) is 2.79. The maximum absolute atomic E-state index is 12.3. The Morgan fingerprint density at radius 1 is 1.19 bits per heavy atom. The summed E-state index contributed by atoms with van der Waals surface area (Å²) < 4.78 is 0.814. The molecule has 0 radical (unpaired) electrons. The summed E-state index contributed by atoms with van der Waals surface area (Å²) in [5, 5.41) is 4.36. The Morgan fingerprint density at radius 3 is 2.81 bits per heavy atom. The van der Waals surface area contributed by atoms with Gasteiger partial charge in [-0.15, -0.1) is 0 Å². The number of aryl methyl sites for hydroxylation is 1. The van der Waals surface area contributed by atoms with E-state index >= 15 is 0 Å². The van der Waals surface area contributed by atoms with Crippen molar-refractivity contribution in [1.29, 1.82) is 0 Å². The molecule has 0 spiro atoms. The highest BCUT2D eigenvalue weighted by molar-refractivity contribution is 9.10. The molecule has 0 saturated carbocycles. The first-order chi connectivity index (χ1) is 10.0. The highest BCUT2D eigenvalue weighted by Gasteiger charge is 2.11. The van der Waals surface area contributed by atoms with Crippen molar-refractivity contribution in [3.05, 3.63) is 63.2 Å². The first-order valence-electron chi connectivity index (χ1n) is 6.39. The lowest BCUT2D eigenvalue weighted by Gasteiger charge is -2.07. The Morgan fingerprint density at radius 2 is 2.00 bits per heavy atom. The van der Waals surface area contributed by atoms with E-state index in [1.54, 1.807) is 18.2 Å². The molecule has 0 aliphatic rings. The summed E-state index contributed by atoms with van der Waals surface area (Å²) in [7, 11) is 0. The molecule has 0 bridgehead atoms. The SMILES string of the molecule is Cc1cc2cc(NC(=O)c3cc(Br)ccc3Cl)ccc2[nH]1. The van der Waals surface area contributed by atoms with Gasteiger partial charge in [0.25, 0.3) is 5.91 Å². The molecule has 21 heavy (non-hydrogen) atoms. The molecule has 0 fully saturated rings. The summed E-state index contributed by atoms with van der Waals surface area (Å²) in [6, 6.07) is 13.0. The Kier molecular flexibility index (Phi) is 3.74. The minimum absolute atomic E-state index is 0.229. The molecular weight excluding hydrogens is 352 g/mol. The molecule has 0 saturated heterocycles. The van der Waals surface area contributed by atoms with Crippen LogP contribution >= 0.6 is 27.5 Å². The second-order valence-electron chi connectivity index (χ2n) is 4.83. The molecule has 3 aromatic rings. The lowest BCUT2D eigenvalue weighted by Crippen LogP contribution is -2.12. The van der Waals surface area contributed by atoms with E-state index in [9.17, 15) is 4.79 Å². The third kappa shape index (κ3) is 2.96. The second kappa shape index (κ2) is 5.54. The molecule has 5 heteroatoms. The van der Waals surface area contributed by atoms with E-state index in [1.807, 2.05) is 31.2 Å². The molecule has 2 aromatic carbocycles. The van der Waals surface area contributed by atoms with Crippen LogP contribution in [0.2, 0.25) is 5.02 Å². The van der Waals surface area contributed by atoms with Crippen molar-refractivity contribution in [3.63, 3.8) is 0 Å². The topological polar surface area (TPSA) is 44.9 Å². The number of aromatic nitrogens is 1. The molecule has 0 aliphatic heterocycles. The predicted molar refractivity (Wildman–Crippen MR) is 90.1 cm³/mol. The number of hydrogen-bond donors (Lipinski definition) is 2. The lowest BCUT2D eigenvalue weighted by atomic mass is 10.2. The highest BCUT2D eigenvalue weighted by Crippen LogP contribution is 2.24. The average Bonchev–Trinajstić information content (AvgIpc) is 2.80. The van der Waals surface area contributed by atoms with Gasteiger partial charge in [0.2, 0.25) is 0 Å². The van der Waals surface area contributed by atoms with E-state index in [0.717, 1.165) is 26.8 Å². The molecule has 1 amide bonds. The number of fused-ring (bicyclic) bond motifs is 1. The van der Waals surface area contributed by atoms with Crippen LogP contribution in [-0.2, 0) is 0 Å². The Hall–Kier alpha value is -1.78. The summed E-state index contributed by atoms with van der Waals surface area (Å²) in [6.07, 6.45) is 0. The molecule has 3 rings (SSSR count). The van der Waals surface area contributed by atoms with Crippen molar-refractivity contribution in [2.24, 2.45) is 0 Å². The lowest BCUT2D eigenvalue weighted by molar-refractivity contribution is 0.102. The van der Waals surface area contributed by atoms with E-state index in [4.69, 9.17) is 11.6 Å². The largest absolute Gasteiger partial charge is 0.359 e. The molecule has 0 unspecified atom stereocenters. The van der Waals surface area contributed by atoms with E-state index in [-0.39, 0.29) is 5.91 Å². The van der Waals surface area contributed by atoms with E-state index in [0.29, 0.717) is 10.6 Å². The molecule has 3 nitrogen and oxygen atoms in total. The third-order valence-electron chi connectivity index (χ3n) is 3.19. The van der Waals surface area contributed by atoms with E-state index in [1.165, 1.54) is 0 Å². The molecule has 1 heterocycles. The summed E-state index contributed by atoms with van der Waals surface area (Å²) in [4.78, 5) is 15.6. The van der Waals surface area contributed by atoms with Gasteiger partial charge < -0.3 is 10.3 Å². The number of anilines is 1. The number of nitrogens with one attached hydrogen (secondary N) is 2. The van der Waals surface area contributed by atoms with Crippen LogP contribution in [0, 0.1) is 6.92 Å². The summed E-state index contributed by atoms with van der Waals surface area (Å²) in [5.74, 6) is -0.229. The summed E-state index contributed by atoms with van der Waals surface area (Å²) in [5.41, 5.74) is 3.31. The minimum atomic E-state index is -0.229. The first kappa shape index (κ1) is 14.2. The zero-order valence-corrected chi connectivity index (χ0v) is 13.5. The van der Waals surface area contributed by atoms with Gasteiger partial charge >= 0.3 is 0 Å². The molecule has 2 N–H and O–H groups in total. The number of halogens is 2. The quantitative estimate of drug-likeness (QED) is 0.650. The van der Waals surface area contributed by atoms with Crippen LogP contribution in [0.1, 0.15) is 16.1 Å². The fraction of sp³-hybridized carbons (Fsp3) is 0.0625. The van der Waals surface area contributed by atoms with Crippen molar-refractivity contribution in [3.8, 4) is 0 Å². The fourth-order valence-electron chi connectivity index (χ4n) is 2.23. The van der Waals surface area contributed by atoms with Gasteiger partial charge in [-0.05, 0) is 49.4 Å². The van der Waals surface area contributed by atoms with Crippen LogP contribution in [0.25, 0.3) is 10.9 Å². The third-order valence-corrected chi connectivity index (χ3v) is 4.01. The zero-order chi connectivity index (χ0) is 15.0. The van der Waals surface area contributed by atoms with Crippen LogP contribution in [0.4, 0.5) is 5.69 Å². The smallest absolute Gasteiger partial charge is 0.257 e. The molecule has 106 valence electrons. The average molecular weight is 364 g/mol. The summed E-state index contributed by atoms with van der Waals surface area (Å²) >= 11 is 9.41. The molecule has 0 aliphatic carbocycles. The number of H-pyrrole nitrogens is 1. The van der Waals surface area contributed by atoms with Crippen LogP contribution in [0.15, 0.2) is 46.9 Å². The van der Waals surface area contributed by atoms with Crippen LogP contribution in [-0.4, -0.2) is 10.9 Å². The predicted octanol–water partition coefficient (Wildman–Crippen LogP) is 5.14. The van der Waals surface area contributed by atoms with Crippen molar-refractivity contribution in [1.82, 2.24) is 4.98 Å². The normalized spacial score (nSPS) is 10.8. The number of carbonyl (C=O) groups is 1. The first-order valence-corrected chi connectivity index (χ1v) is 7.56. The van der Waals surface area contributed by atoms with Gasteiger partial charge in [0, 0.05) is 26.8 Å². The van der Waals surface area contributed by atoms with E-state index < -0.39 is 0 Å². The van der Waals surface area contributed by atoms with Crippen LogP contribution < -0.4 is 5.32 Å². The molecule has 1 aromatic heterocycles. The van der Waals surface area contributed by atoms with Gasteiger partial charge in [-0.2, -0.15) is 0 Å². The van der Waals surface area contributed by atoms with Crippen molar-refractivity contribution >= 4 is 50.0 Å². The van der Waals surface area contributed by atoms with Gasteiger partial charge in [-0.1, -0.05) is 27.5 Å².